The predicted octanol–water partition coefficient (Wildman–Crippen LogP) is 4.55. The summed E-state index contributed by atoms with van der Waals surface area (Å²) in [6.45, 7) is 2.25. The molecule has 0 saturated carbocycles. The lowest BCUT2D eigenvalue weighted by atomic mass is 9.80. The average Bonchev–Trinajstić information content (AvgIpc) is 3.06. The first-order chi connectivity index (χ1) is 10.3. The van der Waals surface area contributed by atoms with Gasteiger partial charge in [-0.15, -0.1) is 11.8 Å². The van der Waals surface area contributed by atoms with Gasteiger partial charge in [-0.1, -0.05) is 69.4 Å². The molecule has 1 radical (unpaired) electrons. The van der Waals surface area contributed by atoms with Crippen molar-refractivity contribution in [3.05, 3.63) is 42.3 Å². The van der Waals surface area contributed by atoms with E-state index >= 15 is 0 Å². The van der Waals surface area contributed by atoms with Crippen molar-refractivity contribution in [2.75, 3.05) is 5.75 Å². The van der Waals surface area contributed by atoms with Crippen LogP contribution in [-0.2, 0) is 5.54 Å². The van der Waals surface area contributed by atoms with Gasteiger partial charge in [0.2, 0.25) is 0 Å². The van der Waals surface area contributed by atoms with Crippen LogP contribution >= 0.6 is 11.8 Å². The van der Waals surface area contributed by atoms with E-state index in [1.807, 2.05) is 11.6 Å². The maximum absolute atomic E-state index is 6.78. The van der Waals surface area contributed by atoms with Crippen molar-refractivity contribution in [1.82, 2.24) is 0 Å². The van der Waals surface area contributed by atoms with E-state index in [0.29, 0.717) is 0 Å². The molecule has 2 atom stereocenters. The second-order valence-corrected chi connectivity index (χ2v) is 6.69. The highest BCUT2D eigenvalue weighted by atomic mass is 32.2. The highest BCUT2D eigenvalue weighted by Gasteiger charge is 2.37. The lowest BCUT2D eigenvalue weighted by Crippen LogP contribution is -2.48. The summed E-state index contributed by atoms with van der Waals surface area (Å²) in [6, 6.07) is 10.6. The van der Waals surface area contributed by atoms with Crippen LogP contribution in [0, 0.1) is 6.42 Å². The second kappa shape index (κ2) is 8.60. The molecule has 2 N–H and O–H groups in total. The smallest absolute Gasteiger partial charge is 0.0823 e. The standard InChI is InChI=1S/C18H27N2S/c1-2-3-4-5-6-10-13-18(19,17-14-21-15-20-17)16-11-8-7-9-12-16/h7-9,11-13,15,17H,2-6,10,14,19H2,1H3. The quantitative estimate of drug-likeness (QED) is 0.680. The topological polar surface area (TPSA) is 38.4 Å². The number of aliphatic imine (C=N–C) groups is 1. The fraction of sp³-hybridized carbons (Fsp3) is 0.556. The van der Waals surface area contributed by atoms with Crippen LogP contribution < -0.4 is 5.73 Å². The van der Waals surface area contributed by atoms with Gasteiger partial charge in [-0.2, -0.15) is 0 Å². The molecular formula is C18H27N2S. The lowest BCUT2D eigenvalue weighted by Gasteiger charge is -2.34. The van der Waals surface area contributed by atoms with E-state index in [0.717, 1.165) is 12.2 Å². The normalized spacial score (nSPS) is 20.6. The zero-order valence-electron chi connectivity index (χ0n) is 13.0. The van der Waals surface area contributed by atoms with Gasteiger partial charge in [0.05, 0.1) is 17.1 Å². The summed E-state index contributed by atoms with van der Waals surface area (Å²) in [4.78, 5) is 4.59. The number of hydrogen-bond acceptors (Lipinski definition) is 3. The molecule has 0 fully saturated rings. The summed E-state index contributed by atoms with van der Waals surface area (Å²) in [6.07, 6.45) is 9.89. The molecule has 0 spiro atoms. The molecule has 0 aromatic heterocycles. The maximum atomic E-state index is 6.78. The van der Waals surface area contributed by atoms with Crippen LogP contribution in [0.4, 0.5) is 0 Å². The SMILES string of the molecule is CCCCCCC[CH]C(N)(c1ccccc1)C1CSC=N1. The van der Waals surface area contributed by atoms with Crippen molar-refractivity contribution >= 4 is 17.3 Å². The molecule has 0 saturated heterocycles. The van der Waals surface area contributed by atoms with E-state index in [4.69, 9.17) is 5.73 Å². The number of hydrogen-bond donors (Lipinski definition) is 1. The van der Waals surface area contributed by atoms with Crippen LogP contribution in [0.1, 0.15) is 51.0 Å². The molecule has 21 heavy (non-hydrogen) atoms. The number of unbranched alkanes of at least 4 members (excludes halogenated alkanes) is 5. The Kier molecular flexibility index (Phi) is 6.78. The van der Waals surface area contributed by atoms with Gasteiger partial charge in [0.1, 0.15) is 0 Å². The predicted molar refractivity (Wildman–Crippen MR) is 94.7 cm³/mol. The molecule has 2 rings (SSSR count). The molecule has 0 aliphatic carbocycles. The largest absolute Gasteiger partial charge is 0.319 e. The van der Waals surface area contributed by atoms with Gasteiger partial charge >= 0.3 is 0 Å². The zero-order valence-corrected chi connectivity index (χ0v) is 13.8. The van der Waals surface area contributed by atoms with Crippen LogP contribution in [0.3, 0.4) is 0 Å². The highest BCUT2D eigenvalue weighted by molar-refractivity contribution is 8.12. The van der Waals surface area contributed by atoms with Gasteiger partial charge in [-0.25, -0.2) is 0 Å². The number of nitrogens with zero attached hydrogens (tertiary/aromatic N) is 1. The first kappa shape index (κ1) is 16.6. The summed E-state index contributed by atoms with van der Waals surface area (Å²) in [5.41, 5.74) is 9.49. The van der Waals surface area contributed by atoms with Crippen LogP contribution in [0.15, 0.2) is 35.3 Å². The van der Waals surface area contributed by atoms with E-state index in [1.54, 1.807) is 11.8 Å². The summed E-state index contributed by atoms with van der Waals surface area (Å²) in [7, 11) is 0. The van der Waals surface area contributed by atoms with Crippen LogP contribution in [-0.4, -0.2) is 17.3 Å². The van der Waals surface area contributed by atoms with Crippen LogP contribution in [0.2, 0.25) is 0 Å². The van der Waals surface area contributed by atoms with Gasteiger partial charge in [-0.3, -0.25) is 4.99 Å². The van der Waals surface area contributed by atoms with Crippen molar-refractivity contribution in [2.45, 2.75) is 57.0 Å². The van der Waals surface area contributed by atoms with Gasteiger partial charge in [-0.05, 0) is 18.4 Å². The van der Waals surface area contributed by atoms with Crippen molar-refractivity contribution in [3.63, 3.8) is 0 Å². The van der Waals surface area contributed by atoms with E-state index < -0.39 is 5.54 Å². The summed E-state index contributed by atoms with van der Waals surface area (Å²) >= 11 is 1.76. The summed E-state index contributed by atoms with van der Waals surface area (Å²) in [5, 5.41) is 0. The van der Waals surface area contributed by atoms with Crippen molar-refractivity contribution in [1.29, 1.82) is 0 Å². The molecule has 2 unspecified atom stereocenters. The Labute approximate surface area is 133 Å². The number of thioether (sulfide) groups is 1. The average molecular weight is 303 g/mol. The number of benzene rings is 1. The molecule has 0 amide bonds. The minimum Gasteiger partial charge on any atom is -0.319 e. The molecule has 2 nitrogen and oxygen atoms in total. The molecular weight excluding hydrogens is 276 g/mol. The lowest BCUT2D eigenvalue weighted by molar-refractivity contribution is 0.420. The molecule has 115 valence electrons. The zero-order chi connectivity index (χ0) is 15.0. The fourth-order valence-electron chi connectivity index (χ4n) is 2.82. The third-order valence-electron chi connectivity index (χ3n) is 4.18. The monoisotopic (exact) mass is 303 g/mol. The van der Waals surface area contributed by atoms with Crippen molar-refractivity contribution in [2.24, 2.45) is 10.7 Å². The van der Waals surface area contributed by atoms with E-state index in [2.05, 4.69) is 42.6 Å². The molecule has 1 aromatic rings. The third kappa shape index (κ3) is 4.58. The first-order valence-corrected chi connectivity index (χ1v) is 9.14. The molecule has 3 heteroatoms. The molecule has 1 heterocycles. The Morgan fingerprint density at radius 3 is 2.67 bits per heavy atom. The van der Waals surface area contributed by atoms with Crippen LogP contribution in [0.5, 0.6) is 0 Å². The van der Waals surface area contributed by atoms with E-state index in [-0.39, 0.29) is 6.04 Å². The Morgan fingerprint density at radius 2 is 2.00 bits per heavy atom. The minimum absolute atomic E-state index is 0.167. The second-order valence-electron chi connectivity index (χ2n) is 5.81. The molecule has 1 aliphatic rings. The highest BCUT2D eigenvalue weighted by Crippen LogP contribution is 2.33. The van der Waals surface area contributed by atoms with Crippen LogP contribution in [0.25, 0.3) is 0 Å². The summed E-state index contributed by atoms with van der Waals surface area (Å²) < 4.78 is 0. The summed E-state index contributed by atoms with van der Waals surface area (Å²) in [5.74, 6) is 0.984. The third-order valence-corrected chi connectivity index (χ3v) is 4.96. The van der Waals surface area contributed by atoms with E-state index in [1.165, 1.54) is 37.7 Å². The Bertz CT molecular complexity index is 432. The van der Waals surface area contributed by atoms with Gasteiger partial charge in [0, 0.05) is 5.75 Å². The number of rotatable bonds is 9. The van der Waals surface area contributed by atoms with Crippen molar-refractivity contribution < 1.29 is 0 Å². The Morgan fingerprint density at radius 1 is 1.24 bits per heavy atom. The molecule has 1 aliphatic heterocycles. The first-order valence-electron chi connectivity index (χ1n) is 8.09. The van der Waals surface area contributed by atoms with Crippen molar-refractivity contribution in [3.8, 4) is 0 Å². The van der Waals surface area contributed by atoms with E-state index in [9.17, 15) is 0 Å². The minimum atomic E-state index is -0.425. The maximum Gasteiger partial charge on any atom is 0.0823 e. The Balaban J connectivity index is 1.95. The Hall–Kier alpha value is -0.800. The van der Waals surface area contributed by atoms with Gasteiger partial charge in [0.15, 0.2) is 0 Å². The number of nitrogens with two attached hydrogens (primary N) is 1. The molecule has 0 bridgehead atoms. The van der Waals surface area contributed by atoms with Gasteiger partial charge in [0.25, 0.3) is 0 Å². The van der Waals surface area contributed by atoms with Gasteiger partial charge < -0.3 is 5.73 Å². The fourth-order valence-corrected chi connectivity index (χ4v) is 3.68. The molecule has 1 aromatic carbocycles.